The molecule has 0 spiro atoms. The predicted octanol–water partition coefficient (Wildman–Crippen LogP) is 5.00. The lowest BCUT2D eigenvalue weighted by Crippen LogP contribution is -2.30. The van der Waals surface area contributed by atoms with Crippen LogP contribution in [0.2, 0.25) is 0 Å². The van der Waals surface area contributed by atoms with Crippen molar-refractivity contribution in [3.63, 3.8) is 0 Å². The maximum atomic E-state index is 14.2. The molecule has 3 heteroatoms. The molecule has 0 bridgehead atoms. The van der Waals surface area contributed by atoms with E-state index < -0.39 is 11.6 Å². The van der Waals surface area contributed by atoms with E-state index in [9.17, 15) is 8.78 Å². The third-order valence-electron chi connectivity index (χ3n) is 5.18. The first-order valence-electron chi connectivity index (χ1n) is 8.07. The fourth-order valence-corrected chi connectivity index (χ4v) is 3.69. The van der Waals surface area contributed by atoms with Crippen molar-refractivity contribution in [2.45, 2.75) is 52.5 Å². The summed E-state index contributed by atoms with van der Waals surface area (Å²) in [4.78, 5) is 0. The highest BCUT2D eigenvalue weighted by Gasteiger charge is 2.31. The summed E-state index contributed by atoms with van der Waals surface area (Å²) < 4.78 is 28.1. The number of aryl methyl sites for hydroxylation is 1. The van der Waals surface area contributed by atoms with Crippen LogP contribution in [0, 0.1) is 36.3 Å². The first-order chi connectivity index (χ1) is 9.95. The molecule has 118 valence electrons. The molecular weight excluding hydrogens is 268 g/mol. The molecular formula is C18H27F2N. The van der Waals surface area contributed by atoms with Crippen LogP contribution in [0.5, 0.6) is 0 Å². The molecule has 0 heterocycles. The minimum atomic E-state index is -0.705. The molecule has 1 atom stereocenters. The van der Waals surface area contributed by atoms with Gasteiger partial charge in [0.05, 0.1) is 0 Å². The van der Waals surface area contributed by atoms with E-state index in [1.165, 1.54) is 12.8 Å². The highest BCUT2D eigenvalue weighted by Crippen LogP contribution is 2.40. The quantitative estimate of drug-likeness (QED) is 0.824. The Bertz CT molecular complexity index is 476. The molecule has 1 aliphatic carbocycles. The zero-order valence-electron chi connectivity index (χ0n) is 13.5. The van der Waals surface area contributed by atoms with Crippen LogP contribution in [-0.2, 0) is 0 Å². The summed E-state index contributed by atoms with van der Waals surface area (Å²) in [7, 11) is 1.84. The maximum absolute atomic E-state index is 14.2. The first kappa shape index (κ1) is 16.4. The summed E-state index contributed by atoms with van der Waals surface area (Å²) in [5.74, 6) is 0.497. The number of hydrogen-bond acceptors (Lipinski definition) is 1. The van der Waals surface area contributed by atoms with Crippen LogP contribution in [0.15, 0.2) is 12.1 Å². The molecule has 0 aromatic heterocycles. The Hall–Kier alpha value is -0.960. The Morgan fingerprint density at radius 1 is 1.00 bits per heavy atom. The van der Waals surface area contributed by atoms with Crippen LogP contribution in [0.3, 0.4) is 0 Å². The minimum absolute atomic E-state index is 0.0896. The fraction of sp³-hybridized carbons (Fsp3) is 0.667. The smallest absolute Gasteiger partial charge is 0.163 e. The second-order valence-corrected chi connectivity index (χ2v) is 6.78. The number of hydrogen-bond donors (Lipinski definition) is 1. The first-order valence-corrected chi connectivity index (χ1v) is 8.07. The van der Waals surface area contributed by atoms with E-state index >= 15 is 0 Å². The molecule has 1 nitrogen and oxygen atoms in total. The van der Waals surface area contributed by atoms with Crippen LogP contribution in [0.4, 0.5) is 8.78 Å². The van der Waals surface area contributed by atoms with Crippen molar-refractivity contribution in [1.82, 2.24) is 5.32 Å². The largest absolute Gasteiger partial charge is 0.313 e. The van der Waals surface area contributed by atoms with Crippen molar-refractivity contribution in [3.8, 4) is 0 Å². The molecule has 1 unspecified atom stereocenters. The lowest BCUT2D eigenvalue weighted by atomic mass is 9.73. The molecule has 0 saturated heterocycles. The van der Waals surface area contributed by atoms with Gasteiger partial charge in [-0.2, -0.15) is 0 Å². The van der Waals surface area contributed by atoms with Crippen LogP contribution in [0.25, 0.3) is 0 Å². The third-order valence-corrected chi connectivity index (χ3v) is 5.18. The Morgan fingerprint density at radius 3 is 2.10 bits per heavy atom. The molecule has 1 fully saturated rings. The Morgan fingerprint density at radius 2 is 1.57 bits per heavy atom. The SMILES string of the molecule is CNC(c1ccc(C)c(F)c1F)C1CCC(C(C)C)CC1. The van der Waals surface area contributed by atoms with Crippen LogP contribution in [0.1, 0.15) is 56.7 Å². The zero-order chi connectivity index (χ0) is 15.6. The molecule has 0 amide bonds. The third kappa shape index (κ3) is 3.45. The molecule has 1 aromatic rings. The molecule has 1 saturated carbocycles. The average molecular weight is 295 g/mol. The van der Waals surface area contributed by atoms with Gasteiger partial charge < -0.3 is 5.32 Å². The summed E-state index contributed by atoms with van der Waals surface area (Å²) in [5.41, 5.74) is 0.850. The van der Waals surface area contributed by atoms with Gasteiger partial charge in [-0.3, -0.25) is 0 Å². The number of nitrogens with one attached hydrogen (secondary N) is 1. The summed E-state index contributed by atoms with van der Waals surface area (Å²) in [6.07, 6.45) is 4.56. The minimum Gasteiger partial charge on any atom is -0.313 e. The molecule has 1 aliphatic rings. The summed E-state index contributed by atoms with van der Waals surface area (Å²) in [6, 6.07) is 3.33. The van der Waals surface area contributed by atoms with Crippen molar-refractivity contribution in [2.24, 2.45) is 17.8 Å². The molecule has 2 rings (SSSR count). The predicted molar refractivity (Wildman–Crippen MR) is 83.2 cm³/mol. The molecule has 1 N–H and O–H groups in total. The topological polar surface area (TPSA) is 12.0 Å². The van der Waals surface area contributed by atoms with E-state index in [0.717, 1.165) is 18.8 Å². The zero-order valence-corrected chi connectivity index (χ0v) is 13.5. The van der Waals surface area contributed by atoms with Crippen molar-refractivity contribution < 1.29 is 8.78 Å². The normalized spacial score (nSPS) is 24.3. The van der Waals surface area contributed by atoms with Crippen molar-refractivity contribution in [1.29, 1.82) is 0 Å². The number of rotatable bonds is 4. The monoisotopic (exact) mass is 295 g/mol. The second kappa shape index (κ2) is 6.87. The molecule has 0 radical (unpaired) electrons. The lowest BCUT2D eigenvalue weighted by Gasteiger charge is -2.35. The van der Waals surface area contributed by atoms with E-state index in [0.29, 0.717) is 23.0 Å². The van der Waals surface area contributed by atoms with Crippen molar-refractivity contribution >= 4 is 0 Å². The van der Waals surface area contributed by atoms with Gasteiger partial charge in [0.15, 0.2) is 11.6 Å². The van der Waals surface area contributed by atoms with E-state index in [1.807, 2.05) is 7.05 Å². The summed E-state index contributed by atoms with van der Waals surface area (Å²) >= 11 is 0. The van der Waals surface area contributed by atoms with Crippen LogP contribution in [-0.4, -0.2) is 7.05 Å². The van der Waals surface area contributed by atoms with Gasteiger partial charge in [-0.15, -0.1) is 0 Å². The number of benzene rings is 1. The van der Waals surface area contributed by atoms with Gasteiger partial charge in [-0.25, -0.2) is 8.78 Å². The van der Waals surface area contributed by atoms with Gasteiger partial charge in [0.2, 0.25) is 0 Å². The second-order valence-electron chi connectivity index (χ2n) is 6.78. The summed E-state index contributed by atoms with van der Waals surface area (Å²) in [5, 5.41) is 3.21. The van der Waals surface area contributed by atoms with E-state index in [2.05, 4.69) is 19.2 Å². The highest BCUT2D eigenvalue weighted by atomic mass is 19.2. The van der Waals surface area contributed by atoms with E-state index in [1.54, 1.807) is 19.1 Å². The van der Waals surface area contributed by atoms with Gasteiger partial charge in [0.1, 0.15) is 0 Å². The van der Waals surface area contributed by atoms with Gasteiger partial charge in [0, 0.05) is 11.6 Å². The molecule has 21 heavy (non-hydrogen) atoms. The summed E-state index contributed by atoms with van der Waals surface area (Å²) in [6.45, 7) is 6.15. The molecule has 0 aliphatic heterocycles. The van der Waals surface area contributed by atoms with Gasteiger partial charge in [0.25, 0.3) is 0 Å². The maximum Gasteiger partial charge on any atom is 0.163 e. The fourth-order valence-electron chi connectivity index (χ4n) is 3.69. The van der Waals surface area contributed by atoms with Crippen LogP contribution >= 0.6 is 0 Å². The Kier molecular flexibility index (Phi) is 5.37. The van der Waals surface area contributed by atoms with Crippen molar-refractivity contribution in [3.05, 3.63) is 34.9 Å². The molecule has 1 aromatic carbocycles. The van der Waals surface area contributed by atoms with Crippen molar-refractivity contribution in [2.75, 3.05) is 7.05 Å². The van der Waals surface area contributed by atoms with Gasteiger partial charge in [-0.1, -0.05) is 26.0 Å². The van der Waals surface area contributed by atoms with E-state index in [4.69, 9.17) is 0 Å². The number of halogens is 2. The van der Waals surface area contributed by atoms with Gasteiger partial charge in [-0.05, 0) is 63.0 Å². The lowest BCUT2D eigenvalue weighted by molar-refractivity contribution is 0.190. The Balaban J connectivity index is 2.16. The Labute approximate surface area is 127 Å². The average Bonchev–Trinajstić information content (AvgIpc) is 2.48. The highest BCUT2D eigenvalue weighted by molar-refractivity contribution is 5.28. The van der Waals surface area contributed by atoms with Crippen LogP contribution < -0.4 is 5.32 Å². The van der Waals surface area contributed by atoms with Gasteiger partial charge >= 0.3 is 0 Å². The van der Waals surface area contributed by atoms with E-state index in [-0.39, 0.29) is 6.04 Å². The standard InChI is InChI=1S/C18H27F2N/c1-11(2)13-6-8-14(9-7-13)18(21-4)15-10-5-12(3)16(19)17(15)20/h5,10-11,13-14,18,21H,6-9H2,1-4H3.